The minimum absolute atomic E-state index is 0.282. The van der Waals surface area contributed by atoms with E-state index in [4.69, 9.17) is 16.7 Å². The van der Waals surface area contributed by atoms with Crippen LogP contribution >= 0.6 is 11.6 Å². The second kappa shape index (κ2) is 3.64. The van der Waals surface area contributed by atoms with Gasteiger partial charge >= 0.3 is 0 Å². The number of aliphatic imine (C=N–C) groups is 1. The van der Waals surface area contributed by atoms with Crippen molar-refractivity contribution in [1.82, 2.24) is 0 Å². The van der Waals surface area contributed by atoms with Gasteiger partial charge in [0.25, 0.3) is 0 Å². The van der Waals surface area contributed by atoms with Crippen LogP contribution in [-0.2, 0) is 0 Å². The molecule has 0 radical (unpaired) electrons. The van der Waals surface area contributed by atoms with Gasteiger partial charge in [-0.1, -0.05) is 18.2 Å². The van der Waals surface area contributed by atoms with Crippen molar-refractivity contribution in [2.45, 2.75) is 13.0 Å². The van der Waals surface area contributed by atoms with E-state index in [1.165, 1.54) is 0 Å². The standard InChI is InChI=1S/C6H10ClNO/c1-4(5(2)9)6(7)8-3/h5,9H,1H2,2-3H3. The van der Waals surface area contributed by atoms with Crippen molar-refractivity contribution in [2.24, 2.45) is 4.99 Å². The Morgan fingerprint density at radius 3 is 2.33 bits per heavy atom. The van der Waals surface area contributed by atoms with E-state index in [0.29, 0.717) is 5.57 Å². The zero-order chi connectivity index (χ0) is 7.44. The molecule has 1 N–H and O–H groups in total. The van der Waals surface area contributed by atoms with Crippen LogP contribution < -0.4 is 0 Å². The fourth-order valence-electron chi connectivity index (χ4n) is 0.316. The van der Waals surface area contributed by atoms with Crippen molar-refractivity contribution in [3.63, 3.8) is 0 Å². The van der Waals surface area contributed by atoms with Gasteiger partial charge in [0, 0.05) is 12.6 Å². The molecule has 0 aliphatic rings. The lowest BCUT2D eigenvalue weighted by Crippen LogP contribution is -2.08. The molecule has 0 rings (SSSR count). The van der Waals surface area contributed by atoms with Gasteiger partial charge in [-0.3, -0.25) is 4.99 Å². The summed E-state index contributed by atoms with van der Waals surface area (Å²) < 4.78 is 0. The lowest BCUT2D eigenvalue weighted by Gasteiger charge is -2.03. The van der Waals surface area contributed by atoms with Crippen LogP contribution in [0.3, 0.4) is 0 Å². The summed E-state index contributed by atoms with van der Waals surface area (Å²) in [6.07, 6.45) is -0.610. The molecule has 0 spiro atoms. The second-order valence-electron chi connectivity index (χ2n) is 1.72. The van der Waals surface area contributed by atoms with Crippen molar-refractivity contribution in [2.75, 3.05) is 7.05 Å². The van der Waals surface area contributed by atoms with Crippen LogP contribution in [0.5, 0.6) is 0 Å². The topological polar surface area (TPSA) is 32.6 Å². The van der Waals surface area contributed by atoms with Crippen molar-refractivity contribution in [1.29, 1.82) is 0 Å². The molecular formula is C6H10ClNO. The molecule has 2 nitrogen and oxygen atoms in total. The van der Waals surface area contributed by atoms with E-state index in [1.807, 2.05) is 0 Å². The number of nitrogens with zero attached hydrogens (tertiary/aromatic N) is 1. The first-order valence-electron chi connectivity index (χ1n) is 2.59. The minimum atomic E-state index is -0.610. The Morgan fingerprint density at radius 2 is 2.22 bits per heavy atom. The van der Waals surface area contributed by atoms with Crippen LogP contribution in [0.1, 0.15) is 6.92 Å². The fraction of sp³-hybridized carbons (Fsp3) is 0.500. The van der Waals surface area contributed by atoms with Crippen LogP contribution in [-0.4, -0.2) is 23.4 Å². The summed E-state index contributed by atoms with van der Waals surface area (Å²) in [6.45, 7) is 5.11. The Bertz CT molecular complexity index is 140. The van der Waals surface area contributed by atoms with Gasteiger partial charge in [0.15, 0.2) is 0 Å². The van der Waals surface area contributed by atoms with Crippen LogP contribution in [0.25, 0.3) is 0 Å². The molecule has 0 fully saturated rings. The third-order valence-electron chi connectivity index (χ3n) is 0.966. The zero-order valence-electron chi connectivity index (χ0n) is 5.56. The zero-order valence-corrected chi connectivity index (χ0v) is 6.31. The highest BCUT2D eigenvalue weighted by Crippen LogP contribution is 2.04. The molecule has 1 atom stereocenters. The smallest absolute Gasteiger partial charge is 0.128 e. The average molecular weight is 148 g/mol. The first kappa shape index (κ1) is 8.66. The lowest BCUT2D eigenvalue weighted by molar-refractivity contribution is 0.238. The molecule has 0 amide bonds. The third kappa shape index (κ3) is 2.63. The number of halogens is 1. The monoisotopic (exact) mass is 147 g/mol. The molecule has 0 aromatic carbocycles. The molecule has 0 saturated carbocycles. The minimum Gasteiger partial charge on any atom is -0.389 e. The Balaban J connectivity index is 4.06. The number of hydrogen-bond acceptors (Lipinski definition) is 2. The molecule has 52 valence electrons. The normalized spacial score (nSPS) is 15.3. The molecule has 0 heterocycles. The number of aliphatic hydroxyl groups excluding tert-OH is 1. The summed E-state index contributed by atoms with van der Waals surface area (Å²) in [5, 5.41) is 9.14. The van der Waals surface area contributed by atoms with Gasteiger partial charge in [-0.15, -0.1) is 0 Å². The Morgan fingerprint density at radius 1 is 1.78 bits per heavy atom. The summed E-state index contributed by atoms with van der Waals surface area (Å²) in [5.74, 6) is 0. The molecule has 0 aromatic rings. The quantitative estimate of drug-likeness (QED) is 0.585. The SMILES string of the molecule is C=C(C(Cl)=NC)C(C)O. The predicted octanol–water partition coefficient (Wildman–Crippen LogP) is 1.19. The van der Waals surface area contributed by atoms with E-state index in [0.717, 1.165) is 0 Å². The molecule has 0 saturated heterocycles. The molecular weight excluding hydrogens is 138 g/mol. The third-order valence-corrected chi connectivity index (χ3v) is 1.38. The highest BCUT2D eigenvalue weighted by molar-refractivity contribution is 6.69. The van der Waals surface area contributed by atoms with Gasteiger partial charge in [0.05, 0.1) is 6.10 Å². The first-order chi connectivity index (χ1) is 4.09. The second-order valence-corrected chi connectivity index (χ2v) is 2.07. The molecule has 1 unspecified atom stereocenters. The summed E-state index contributed by atoms with van der Waals surface area (Å²) in [5.41, 5.74) is 0.458. The molecule has 0 aliphatic heterocycles. The molecule has 9 heavy (non-hydrogen) atoms. The van der Waals surface area contributed by atoms with Crippen molar-refractivity contribution >= 4 is 16.8 Å². The van der Waals surface area contributed by atoms with Crippen LogP contribution in [0, 0.1) is 0 Å². The van der Waals surface area contributed by atoms with Crippen molar-refractivity contribution in [3.8, 4) is 0 Å². The van der Waals surface area contributed by atoms with E-state index in [2.05, 4.69) is 11.6 Å². The van der Waals surface area contributed by atoms with E-state index in [-0.39, 0.29) is 5.17 Å². The first-order valence-corrected chi connectivity index (χ1v) is 2.97. The van der Waals surface area contributed by atoms with Crippen LogP contribution in [0.2, 0.25) is 0 Å². The van der Waals surface area contributed by atoms with Gasteiger partial charge in [-0.2, -0.15) is 0 Å². The maximum Gasteiger partial charge on any atom is 0.128 e. The number of aliphatic hydroxyl groups is 1. The molecule has 0 aliphatic carbocycles. The summed E-state index contributed by atoms with van der Waals surface area (Å²) in [7, 11) is 1.55. The fourth-order valence-corrected chi connectivity index (χ4v) is 0.474. The van der Waals surface area contributed by atoms with E-state index >= 15 is 0 Å². The summed E-state index contributed by atoms with van der Waals surface area (Å²) >= 11 is 5.50. The highest BCUT2D eigenvalue weighted by atomic mass is 35.5. The predicted molar refractivity (Wildman–Crippen MR) is 40.0 cm³/mol. The van der Waals surface area contributed by atoms with E-state index in [9.17, 15) is 0 Å². The van der Waals surface area contributed by atoms with Gasteiger partial charge in [-0.05, 0) is 6.92 Å². The molecule has 0 bridgehead atoms. The maximum absolute atomic E-state index is 8.86. The summed E-state index contributed by atoms with van der Waals surface area (Å²) in [4.78, 5) is 3.63. The number of rotatable bonds is 2. The van der Waals surface area contributed by atoms with Crippen LogP contribution in [0.15, 0.2) is 17.1 Å². The largest absolute Gasteiger partial charge is 0.389 e. The molecule has 0 aromatic heterocycles. The summed E-state index contributed by atoms with van der Waals surface area (Å²) in [6, 6.07) is 0. The van der Waals surface area contributed by atoms with Gasteiger partial charge in [0.1, 0.15) is 5.17 Å². The Kier molecular flexibility index (Phi) is 3.50. The number of hydrogen-bond donors (Lipinski definition) is 1. The van der Waals surface area contributed by atoms with Gasteiger partial charge < -0.3 is 5.11 Å². The highest BCUT2D eigenvalue weighted by Gasteiger charge is 2.04. The van der Waals surface area contributed by atoms with Crippen molar-refractivity contribution < 1.29 is 5.11 Å². The average Bonchev–Trinajstić information content (AvgIpc) is 1.84. The van der Waals surface area contributed by atoms with E-state index < -0.39 is 6.10 Å². The van der Waals surface area contributed by atoms with E-state index in [1.54, 1.807) is 14.0 Å². The maximum atomic E-state index is 8.86. The lowest BCUT2D eigenvalue weighted by atomic mass is 10.2. The molecule has 3 heteroatoms. The van der Waals surface area contributed by atoms with Crippen molar-refractivity contribution in [3.05, 3.63) is 12.2 Å². The van der Waals surface area contributed by atoms with Crippen LogP contribution in [0.4, 0.5) is 0 Å². The Labute approximate surface area is 59.9 Å². The Hall–Kier alpha value is -0.340. The van der Waals surface area contributed by atoms with Gasteiger partial charge in [0.2, 0.25) is 0 Å². The van der Waals surface area contributed by atoms with Gasteiger partial charge in [-0.25, -0.2) is 0 Å².